The van der Waals surface area contributed by atoms with E-state index in [0.29, 0.717) is 6.04 Å². The van der Waals surface area contributed by atoms with Crippen molar-refractivity contribution in [2.45, 2.75) is 25.8 Å². The van der Waals surface area contributed by atoms with E-state index in [0.717, 1.165) is 31.8 Å². The molecule has 2 nitrogen and oxygen atoms in total. The molecule has 0 spiro atoms. The summed E-state index contributed by atoms with van der Waals surface area (Å²) in [5.41, 5.74) is 1.31. The van der Waals surface area contributed by atoms with Gasteiger partial charge in [-0.1, -0.05) is 41.1 Å². The van der Waals surface area contributed by atoms with Crippen LogP contribution in [0.1, 0.15) is 18.9 Å². The van der Waals surface area contributed by atoms with E-state index in [1.807, 2.05) is 6.07 Å². The average molecular weight is 296 g/mol. The molecule has 0 saturated carbocycles. The van der Waals surface area contributed by atoms with Crippen molar-refractivity contribution >= 4 is 15.9 Å². The Morgan fingerprint density at radius 1 is 1.41 bits per heavy atom. The van der Waals surface area contributed by atoms with Crippen LogP contribution in [-0.4, -0.2) is 19.2 Å². The molecule has 0 radical (unpaired) electrons. The molecule has 17 heavy (non-hydrogen) atoms. The lowest BCUT2D eigenvalue weighted by Gasteiger charge is -2.19. The van der Waals surface area contributed by atoms with Gasteiger partial charge in [0, 0.05) is 10.9 Å². The standard InChI is InChI=1S/C14H18BrNO/c1-2-16-13(14-8-5-9-17-14)10-11-6-3-4-7-12(11)15/h3-4,6-8,13,16H,2,5,9-10H2,1H3. The molecule has 0 saturated heterocycles. The van der Waals surface area contributed by atoms with Crippen molar-refractivity contribution in [1.82, 2.24) is 5.32 Å². The second kappa shape index (κ2) is 6.22. The van der Waals surface area contributed by atoms with Gasteiger partial charge in [-0.25, -0.2) is 0 Å². The molecule has 1 aromatic rings. The predicted octanol–water partition coefficient (Wildman–Crippen LogP) is 3.27. The van der Waals surface area contributed by atoms with E-state index in [1.54, 1.807) is 0 Å². The minimum absolute atomic E-state index is 0.293. The quantitative estimate of drug-likeness (QED) is 0.900. The Kier molecular flexibility index (Phi) is 4.63. The molecule has 1 unspecified atom stereocenters. The fourth-order valence-corrected chi connectivity index (χ4v) is 2.53. The number of nitrogens with one attached hydrogen (secondary N) is 1. The highest BCUT2D eigenvalue weighted by Gasteiger charge is 2.19. The lowest BCUT2D eigenvalue weighted by molar-refractivity contribution is 0.215. The van der Waals surface area contributed by atoms with Crippen LogP contribution in [0.15, 0.2) is 40.6 Å². The van der Waals surface area contributed by atoms with Crippen molar-refractivity contribution < 1.29 is 4.74 Å². The van der Waals surface area contributed by atoms with E-state index in [1.165, 1.54) is 10.0 Å². The van der Waals surface area contributed by atoms with Crippen molar-refractivity contribution in [1.29, 1.82) is 0 Å². The first kappa shape index (κ1) is 12.7. The minimum atomic E-state index is 0.293. The summed E-state index contributed by atoms with van der Waals surface area (Å²) in [6, 6.07) is 8.65. The van der Waals surface area contributed by atoms with E-state index in [-0.39, 0.29) is 0 Å². The highest BCUT2D eigenvalue weighted by molar-refractivity contribution is 9.10. The maximum absolute atomic E-state index is 5.66. The number of hydrogen-bond donors (Lipinski definition) is 1. The third kappa shape index (κ3) is 3.33. The topological polar surface area (TPSA) is 21.3 Å². The van der Waals surface area contributed by atoms with Crippen LogP contribution in [0.5, 0.6) is 0 Å². The van der Waals surface area contributed by atoms with Crippen LogP contribution in [0.3, 0.4) is 0 Å². The molecule has 92 valence electrons. The molecule has 1 atom stereocenters. The normalized spacial score (nSPS) is 16.5. The first-order valence-corrected chi connectivity index (χ1v) is 6.90. The van der Waals surface area contributed by atoms with Crippen molar-refractivity contribution in [3.8, 4) is 0 Å². The summed E-state index contributed by atoms with van der Waals surface area (Å²) < 4.78 is 6.83. The summed E-state index contributed by atoms with van der Waals surface area (Å²) in [5, 5.41) is 3.49. The van der Waals surface area contributed by atoms with Gasteiger partial charge in [0.25, 0.3) is 0 Å². The van der Waals surface area contributed by atoms with Crippen LogP contribution < -0.4 is 5.32 Å². The Hall–Kier alpha value is -0.800. The maximum Gasteiger partial charge on any atom is 0.109 e. The number of rotatable bonds is 5. The van der Waals surface area contributed by atoms with Crippen molar-refractivity contribution in [3.05, 3.63) is 46.1 Å². The summed E-state index contributed by atoms with van der Waals surface area (Å²) in [5.74, 6) is 1.10. The van der Waals surface area contributed by atoms with Gasteiger partial charge < -0.3 is 10.1 Å². The van der Waals surface area contributed by atoms with E-state index in [4.69, 9.17) is 4.74 Å². The van der Waals surface area contributed by atoms with Crippen molar-refractivity contribution in [2.75, 3.05) is 13.2 Å². The number of benzene rings is 1. The SMILES string of the molecule is CCNC(Cc1ccccc1Br)C1=CCCO1. The monoisotopic (exact) mass is 295 g/mol. The largest absolute Gasteiger partial charge is 0.496 e. The van der Waals surface area contributed by atoms with Crippen molar-refractivity contribution in [3.63, 3.8) is 0 Å². The Balaban J connectivity index is 2.10. The molecule has 1 heterocycles. The molecule has 1 aromatic carbocycles. The van der Waals surface area contributed by atoms with E-state index >= 15 is 0 Å². The molecule has 3 heteroatoms. The minimum Gasteiger partial charge on any atom is -0.496 e. The van der Waals surface area contributed by atoms with Gasteiger partial charge >= 0.3 is 0 Å². The van der Waals surface area contributed by atoms with Crippen LogP contribution in [0.25, 0.3) is 0 Å². The number of likely N-dealkylation sites (N-methyl/N-ethyl adjacent to an activating group) is 1. The Bertz CT molecular complexity index is 403. The smallest absolute Gasteiger partial charge is 0.109 e. The second-order valence-corrected chi connectivity index (χ2v) is 5.00. The summed E-state index contributed by atoms with van der Waals surface area (Å²) in [7, 11) is 0. The molecule has 1 aliphatic rings. The highest BCUT2D eigenvalue weighted by atomic mass is 79.9. The predicted molar refractivity (Wildman–Crippen MR) is 74.0 cm³/mol. The maximum atomic E-state index is 5.66. The van der Waals surface area contributed by atoms with Crippen LogP contribution >= 0.6 is 15.9 Å². The molecule has 2 rings (SSSR count). The first-order chi connectivity index (χ1) is 8.31. The lowest BCUT2D eigenvalue weighted by atomic mass is 10.0. The van der Waals surface area contributed by atoms with Crippen LogP contribution in [0.2, 0.25) is 0 Å². The van der Waals surface area contributed by atoms with E-state index in [9.17, 15) is 0 Å². The van der Waals surface area contributed by atoms with Gasteiger partial charge in [0.1, 0.15) is 5.76 Å². The third-order valence-corrected chi connectivity index (χ3v) is 3.68. The number of hydrogen-bond acceptors (Lipinski definition) is 2. The number of ether oxygens (including phenoxy) is 1. The zero-order valence-corrected chi connectivity index (χ0v) is 11.7. The highest BCUT2D eigenvalue weighted by Crippen LogP contribution is 2.22. The third-order valence-electron chi connectivity index (χ3n) is 2.91. The molecule has 0 amide bonds. The molecule has 0 aromatic heterocycles. The first-order valence-electron chi connectivity index (χ1n) is 6.11. The van der Waals surface area contributed by atoms with Gasteiger partial charge in [-0.3, -0.25) is 0 Å². The molecular formula is C14H18BrNO. The average Bonchev–Trinajstić information content (AvgIpc) is 2.85. The molecule has 0 fully saturated rings. The van der Waals surface area contributed by atoms with Gasteiger partial charge in [0.05, 0.1) is 12.6 Å². The second-order valence-electron chi connectivity index (χ2n) is 4.15. The fourth-order valence-electron chi connectivity index (χ4n) is 2.08. The summed E-state index contributed by atoms with van der Waals surface area (Å²) in [6.07, 6.45) is 4.19. The Morgan fingerprint density at radius 2 is 2.24 bits per heavy atom. The van der Waals surface area contributed by atoms with Gasteiger partial charge in [0.2, 0.25) is 0 Å². The summed E-state index contributed by atoms with van der Waals surface area (Å²) >= 11 is 3.60. The van der Waals surface area contributed by atoms with E-state index in [2.05, 4.69) is 52.4 Å². The Labute approximate surface area is 111 Å². The summed E-state index contributed by atoms with van der Waals surface area (Å²) in [4.78, 5) is 0. The molecule has 0 bridgehead atoms. The molecular weight excluding hydrogens is 278 g/mol. The van der Waals surface area contributed by atoms with Gasteiger partial charge in [-0.15, -0.1) is 0 Å². The van der Waals surface area contributed by atoms with Crippen molar-refractivity contribution in [2.24, 2.45) is 0 Å². The lowest BCUT2D eigenvalue weighted by Crippen LogP contribution is -2.33. The van der Waals surface area contributed by atoms with Crippen LogP contribution in [0, 0.1) is 0 Å². The zero-order valence-electron chi connectivity index (χ0n) is 10.1. The van der Waals surface area contributed by atoms with Crippen LogP contribution in [0.4, 0.5) is 0 Å². The fraction of sp³-hybridized carbons (Fsp3) is 0.429. The number of halogens is 1. The Morgan fingerprint density at radius 3 is 2.88 bits per heavy atom. The van der Waals surface area contributed by atoms with Gasteiger partial charge in [0.15, 0.2) is 0 Å². The molecule has 1 aliphatic heterocycles. The van der Waals surface area contributed by atoms with Crippen LogP contribution in [-0.2, 0) is 11.2 Å². The van der Waals surface area contributed by atoms with Gasteiger partial charge in [-0.2, -0.15) is 0 Å². The molecule has 0 aliphatic carbocycles. The molecule has 1 N–H and O–H groups in total. The zero-order chi connectivity index (χ0) is 12.1. The summed E-state index contributed by atoms with van der Waals surface area (Å²) in [6.45, 7) is 3.91. The van der Waals surface area contributed by atoms with Gasteiger partial charge in [-0.05, 0) is 30.7 Å². The van der Waals surface area contributed by atoms with E-state index < -0.39 is 0 Å².